The van der Waals surface area contributed by atoms with Crippen LogP contribution in [0.2, 0.25) is 0 Å². The van der Waals surface area contributed by atoms with Gasteiger partial charge < -0.3 is 9.64 Å². The molecule has 3 nitrogen and oxygen atoms in total. The van der Waals surface area contributed by atoms with E-state index >= 15 is 0 Å². The number of hydrogen-bond donors (Lipinski definition) is 0. The van der Waals surface area contributed by atoms with Gasteiger partial charge in [-0.05, 0) is 56.1 Å². The topological polar surface area (TPSA) is 29.5 Å². The van der Waals surface area contributed by atoms with Crippen molar-refractivity contribution in [2.24, 2.45) is 17.3 Å². The molecule has 0 spiro atoms. The lowest BCUT2D eigenvalue weighted by molar-refractivity contribution is -0.128. The van der Waals surface area contributed by atoms with Crippen LogP contribution >= 0.6 is 0 Å². The first-order valence-corrected chi connectivity index (χ1v) is 8.50. The molecule has 2 fully saturated rings. The molecule has 1 aromatic rings. The van der Waals surface area contributed by atoms with Gasteiger partial charge in [-0.2, -0.15) is 0 Å². The average molecular weight is 295 g/mol. The minimum Gasteiger partial charge on any atom is -0.490 e. The second-order valence-electron chi connectivity index (χ2n) is 7.35. The molecule has 5 rings (SSSR count). The molecular formula is C19H21NO2. The SMILES string of the molecule is O=C(N1CCOc2ccccc21)C12CC=C3CCC(C1)C3C2. The van der Waals surface area contributed by atoms with Gasteiger partial charge in [0.05, 0.1) is 17.6 Å². The zero-order chi connectivity index (χ0) is 14.7. The Morgan fingerprint density at radius 2 is 2.18 bits per heavy atom. The van der Waals surface area contributed by atoms with Crippen LogP contribution < -0.4 is 9.64 Å². The van der Waals surface area contributed by atoms with Gasteiger partial charge >= 0.3 is 0 Å². The maximum Gasteiger partial charge on any atom is 0.233 e. The van der Waals surface area contributed by atoms with Crippen LogP contribution in [0.25, 0.3) is 0 Å². The van der Waals surface area contributed by atoms with E-state index in [1.807, 2.05) is 29.2 Å². The lowest BCUT2D eigenvalue weighted by atomic mass is 9.74. The molecule has 1 amide bonds. The maximum atomic E-state index is 13.4. The van der Waals surface area contributed by atoms with Crippen LogP contribution in [0.5, 0.6) is 5.75 Å². The van der Waals surface area contributed by atoms with Crippen LogP contribution in [0.15, 0.2) is 35.9 Å². The number of nitrogens with zero attached hydrogens (tertiary/aromatic N) is 1. The van der Waals surface area contributed by atoms with E-state index in [0.717, 1.165) is 36.6 Å². The summed E-state index contributed by atoms with van der Waals surface area (Å²) in [5, 5.41) is 0. The summed E-state index contributed by atoms with van der Waals surface area (Å²) in [7, 11) is 0. The standard InChI is InChI=1S/C19H21NO2/c21-18(20-9-10-22-17-4-2-1-3-16(17)20)19-8-7-13-5-6-14(11-19)15(13)12-19/h1-4,7,14-15H,5-6,8-12H2. The van der Waals surface area contributed by atoms with Crippen molar-refractivity contribution in [3.8, 4) is 5.75 Å². The lowest BCUT2D eigenvalue weighted by Gasteiger charge is -2.38. The fraction of sp³-hybridized carbons (Fsp3) is 0.526. The molecule has 3 unspecified atom stereocenters. The van der Waals surface area contributed by atoms with E-state index in [1.54, 1.807) is 5.57 Å². The summed E-state index contributed by atoms with van der Waals surface area (Å²) in [6, 6.07) is 7.95. The number of para-hydroxylation sites is 2. The number of carbonyl (C=O) groups excluding carboxylic acids is 1. The van der Waals surface area contributed by atoms with E-state index < -0.39 is 0 Å². The first-order valence-electron chi connectivity index (χ1n) is 8.50. The van der Waals surface area contributed by atoms with E-state index in [0.29, 0.717) is 25.0 Å². The van der Waals surface area contributed by atoms with Gasteiger partial charge in [-0.25, -0.2) is 0 Å². The van der Waals surface area contributed by atoms with Gasteiger partial charge in [0, 0.05) is 0 Å². The van der Waals surface area contributed by atoms with Crippen molar-refractivity contribution in [2.45, 2.75) is 32.1 Å². The van der Waals surface area contributed by atoms with Crippen LogP contribution in [-0.2, 0) is 4.79 Å². The first kappa shape index (κ1) is 12.7. The number of rotatable bonds is 1. The Hall–Kier alpha value is -1.77. The number of anilines is 1. The predicted molar refractivity (Wildman–Crippen MR) is 84.9 cm³/mol. The smallest absolute Gasteiger partial charge is 0.233 e. The van der Waals surface area contributed by atoms with Crippen molar-refractivity contribution in [3.05, 3.63) is 35.9 Å². The molecule has 4 aliphatic rings. The summed E-state index contributed by atoms with van der Waals surface area (Å²) in [6.45, 7) is 1.29. The zero-order valence-electron chi connectivity index (χ0n) is 12.8. The number of carbonyl (C=O) groups is 1. The van der Waals surface area contributed by atoms with Crippen molar-refractivity contribution in [3.63, 3.8) is 0 Å². The molecule has 114 valence electrons. The third-order valence-corrected chi connectivity index (χ3v) is 6.30. The highest BCUT2D eigenvalue weighted by Crippen LogP contribution is 2.61. The number of ether oxygens (including phenoxy) is 1. The van der Waals surface area contributed by atoms with Gasteiger partial charge in [0.2, 0.25) is 5.91 Å². The molecule has 2 bridgehead atoms. The second kappa shape index (κ2) is 4.37. The Kier molecular flexibility index (Phi) is 2.53. The average Bonchev–Trinajstić information content (AvgIpc) is 3.07. The third-order valence-electron chi connectivity index (χ3n) is 6.30. The van der Waals surface area contributed by atoms with Gasteiger partial charge in [0.25, 0.3) is 0 Å². The molecule has 0 radical (unpaired) electrons. The van der Waals surface area contributed by atoms with Gasteiger partial charge in [-0.15, -0.1) is 0 Å². The molecule has 1 aromatic carbocycles. The summed E-state index contributed by atoms with van der Waals surface area (Å²) >= 11 is 0. The Labute approximate surface area is 130 Å². The molecule has 1 aliphatic heterocycles. The summed E-state index contributed by atoms with van der Waals surface area (Å²) in [4.78, 5) is 15.4. The molecule has 0 N–H and O–H groups in total. The number of allylic oxidation sites excluding steroid dienone is 2. The Morgan fingerprint density at radius 1 is 1.27 bits per heavy atom. The highest BCUT2D eigenvalue weighted by molar-refractivity contribution is 5.99. The quantitative estimate of drug-likeness (QED) is 0.742. The number of benzene rings is 1. The van der Waals surface area contributed by atoms with Crippen LogP contribution in [-0.4, -0.2) is 19.1 Å². The molecule has 2 saturated carbocycles. The number of fused-ring (bicyclic) bond motifs is 2. The van der Waals surface area contributed by atoms with Gasteiger partial charge in [-0.1, -0.05) is 23.8 Å². The van der Waals surface area contributed by atoms with Crippen LogP contribution in [0, 0.1) is 17.3 Å². The van der Waals surface area contributed by atoms with Crippen molar-refractivity contribution >= 4 is 11.6 Å². The van der Waals surface area contributed by atoms with E-state index in [1.165, 1.54) is 12.8 Å². The van der Waals surface area contributed by atoms with Crippen molar-refractivity contribution in [1.29, 1.82) is 0 Å². The fourth-order valence-corrected chi connectivity index (χ4v) is 5.26. The summed E-state index contributed by atoms with van der Waals surface area (Å²) in [5.41, 5.74) is 2.47. The van der Waals surface area contributed by atoms with Crippen molar-refractivity contribution in [1.82, 2.24) is 0 Å². The highest BCUT2D eigenvalue weighted by Gasteiger charge is 2.56. The van der Waals surface area contributed by atoms with Gasteiger partial charge in [-0.3, -0.25) is 4.79 Å². The van der Waals surface area contributed by atoms with Crippen molar-refractivity contribution < 1.29 is 9.53 Å². The normalized spacial score (nSPS) is 34.9. The monoisotopic (exact) mass is 295 g/mol. The number of hydrogen-bond acceptors (Lipinski definition) is 2. The second-order valence-corrected chi connectivity index (χ2v) is 7.35. The summed E-state index contributed by atoms with van der Waals surface area (Å²) in [6.07, 6.45) is 8.10. The van der Waals surface area contributed by atoms with E-state index in [-0.39, 0.29) is 5.41 Å². The zero-order valence-corrected chi connectivity index (χ0v) is 12.8. The summed E-state index contributed by atoms with van der Waals surface area (Å²) in [5.74, 6) is 2.65. The van der Waals surface area contributed by atoms with E-state index in [9.17, 15) is 4.79 Å². The number of amides is 1. The Bertz CT molecular complexity index is 680. The minimum absolute atomic E-state index is 0.135. The molecule has 3 atom stereocenters. The van der Waals surface area contributed by atoms with Crippen LogP contribution in [0.4, 0.5) is 5.69 Å². The molecule has 3 heteroatoms. The molecule has 22 heavy (non-hydrogen) atoms. The highest BCUT2D eigenvalue weighted by atomic mass is 16.5. The largest absolute Gasteiger partial charge is 0.490 e. The third kappa shape index (κ3) is 1.60. The van der Waals surface area contributed by atoms with Crippen molar-refractivity contribution in [2.75, 3.05) is 18.1 Å². The molecule has 0 saturated heterocycles. The first-order chi connectivity index (χ1) is 10.8. The Balaban J connectivity index is 1.51. The van der Waals surface area contributed by atoms with Crippen LogP contribution in [0.3, 0.4) is 0 Å². The summed E-state index contributed by atoms with van der Waals surface area (Å²) < 4.78 is 5.71. The predicted octanol–water partition coefficient (Wildman–Crippen LogP) is 3.55. The molecular weight excluding hydrogens is 274 g/mol. The van der Waals surface area contributed by atoms with Gasteiger partial charge in [0.1, 0.15) is 12.4 Å². The Morgan fingerprint density at radius 3 is 3.14 bits per heavy atom. The van der Waals surface area contributed by atoms with E-state index in [4.69, 9.17) is 4.74 Å². The fourth-order valence-electron chi connectivity index (χ4n) is 5.26. The minimum atomic E-state index is -0.135. The molecule has 3 aliphatic carbocycles. The maximum absolute atomic E-state index is 13.4. The van der Waals surface area contributed by atoms with Gasteiger partial charge in [0.15, 0.2) is 0 Å². The molecule has 1 heterocycles. The lowest BCUT2D eigenvalue weighted by Crippen LogP contribution is -2.47. The van der Waals surface area contributed by atoms with E-state index in [2.05, 4.69) is 6.08 Å². The van der Waals surface area contributed by atoms with Crippen LogP contribution in [0.1, 0.15) is 32.1 Å². The molecule has 0 aromatic heterocycles.